The molecule has 6 nitrogen and oxygen atoms in total. The molecule has 2 aromatic rings. The molecule has 1 aliphatic carbocycles. The van der Waals surface area contributed by atoms with E-state index in [1.54, 1.807) is 13.0 Å². The molecule has 2 amide bonds. The van der Waals surface area contributed by atoms with Gasteiger partial charge in [-0.15, -0.1) is 0 Å². The Morgan fingerprint density at radius 2 is 2.00 bits per heavy atom. The quantitative estimate of drug-likeness (QED) is 0.859. The summed E-state index contributed by atoms with van der Waals surface area (Å²) in [6.45, 7) is 2.13. The van der Waals surface area contributed by atoms with Crippen LogP contribution in [0.1, 0.15) is 48.4 Å². The van der Waals surface area contributed by atoms with E-state index in [2.05, 4.69) is 15.3 Å². The summed E-state index contributed by atoms with van der Waals surface area (Å²) >= 11 is 0. The number of halogens is 2. The normalized spacial score (nSPS) is 24.2. The number of anilines is 1. The molecule has 1 aromatic heterocycles. The Hall–Kier alpha value is -2.90. The van der Waals surface area contributed by atoms with Gasteiger partial charge in [-0.3, -0.25) is 9.59 Å². The highest BCUT2D eigenvalue weighted by Gasteiger charge is 2.49. The van der Waals surface area contributed by atoms with E-state index in [1.165, 1.54) is 23.2 Å². The first-order valence-electron chi connectivity index (χ1n) is 9.75. The summed E-state index contributed by atoms with van der Waals surface area (Å²) in [7, 11) is 0. The molecule has 152 valence electrons. The fraction of sp³-hybridized carbons (Fsp3) is 0.429. The van der Waals surface area contributed by atoms with Gasteiger partial charge in [-0.1, -0.05) is 6.42 Å². The predicted octanol–water partition coefficient (Wildman–Crippen LogP) is 3.16. The second-order valence-electron chi connectivity index (χ2n) is 7.87. The minimum Gasteiger partial charge on any atom is -0.348 e. The van der Waals surface area contributed by atoms with Crippen LogP contribution >= 0.6 is 0 Å². The lowest BCUT2D eigenvalue weighted by Gasteiger charge is -2.36. The van der Waals surface area contributed by atoms with E-state index >= 15 is 0 Å². The molecule has 0 unspecified atom stereocenters. The molecule has 1 saturated heterocycles. The third kappa shape index (κ3) is 3.83. The Balaban J connectivity index is 1.49. The molecule has 1 spiro atoms. The lowest BCUT2D eigenvalue weighted by Crippen LogP contribution is -2.46. The van der Waals surface area contributed by atoms with E-state index in [1.807, 2.05) is 0 Å². The topological polar surface area (TPSA) is 75.2 Å². The van der Waals surface area contributed by atoms with Crippen LogP contribution in [0.15, 0.2) is 30.5 Å². The third-order valence-electron chi connectivity index (χ3n) is 5.86. The SMILES string of the molecule is Cc1nccc(C(=O)N[C@@H]2CCC[C@@]3(CCN(c4cc(F)cc(F)c4)C3=O)C2)n1. The minimum absolute atomic E-state index is 0.126. The van der Waals surface area contributed by atoms with Gasteiger partial charge in [0.15, 0.2) is 0 Å². The Morgan fingerprint density at radius 3 is 2.72 bits per heavy atom. The van der Waals surface area contributed by atoms with Crippen molar-refractivity contribution >= 4 is 17.5 Å². The maximum atomic E-state index is 13.6. The number of hydrogen-bond acceptors (Lipinski definition) is 4. The van der Waals surface area contributed by atoms with E-state index in [0.29, 0.717) is 37.3 Å². The number of aryl methyl sites for hydroxylation is 1. The highest BCUT2D eigenvalue weighted by Crippen LogP contribution is 2.46. The van der Waals surface area contributed by atoms with Crippen LogP contribution in [0.25, 0.3) is 0 Å². The van der Waals surface area contributed by atoms with Gasteiger partial charge in [0.05, 0.1) is 5.41 Å². The lowest BCUT2D eigenvalue weighted by atomic mass is 9.71. The number of nitrogens with one attached hydrogen (secondary N) is 1. The van der Waals surface area contributed by atoms with E-state index < -0.39 is 17.0 Å². The van der Waals surface area contributed by atoms with Gasteiger partial charge in [0.25, 0.3) is 5.91 Å². The number of aromatic nitrogens is 2. The van der Waals surface area contributed by atoms with Gasteiger partial charge >= 0.3 is 0 Å². The van der Waals surface area contributed by atoms with Gasteiger partial charge in [0.1, 0.15) is 23.2 Å². The van der Waals surface area contributed by atoms with Crippen molar-refractivity contribution in [3.05, 3.63) is 53.6 Å². The van der Waals surface area contributed by atoms with Crippen molar-refractivity contribution < 1.29 is 18.4 Å². The van der Waals surface area contributed by atoms with Crippen molar-refractivity contribution in [2.24, 2.45) is 5.41 Å². The molecular formula is C21H22F2N4O2. The number of nitrogens with zero attached hydrogens (tertiary/aromatic N) is 3. The van der Waals surface area contributed by atoms with Crippen LogP contribution in [0.4, 0.5) is 14.5 Å². The van der Waals surface area contributed by atoms with Gasteiger partial charge < -0.3 is 10.2 Å². The first-order chi connectivity index (χ1) is 13.9. The van der Waals surface area contributed by atoms with Crippen molar-refractivity contribution in [2.45, 2.75) is 45.1 Å². The molecule has 1 aliphatic heterocycles. The third-order valence-corrected chi connectivity index (χ3v) is 5.86. The molecular weight excluding hydrogens is 378 g/mol. The average Bonchev–Trinajstić information content (AvgIpc) is 2.97. The van der Waals surface area contributed by atoms with Gasteiger partial charge in [-0.2, -0.15) is 0 Å². The summed E-state index contributed by atoms with van der Waals surface area (Å²) in [5, 5.41) is 2.99. The highest BCUT2D eigenvalue weighted by atomic mass is 19.1. The highest BCUT2D eigenvalue weighted by molar-refractivity contribution is 6.00. The Labute approximate surface area is 167 Å². The van der Waals surface area contributed by atoms with Crippen LogP contribution in [0.2, 0.25) is 0 Å². The second kappa shape index (κ2) is 7.50. The number of hydrogen-bond donors (Lipinski definition) is 1. The molecule has 0 bridgehead atoms. The number of rotatable bonds is 3. The number of benzene rings is 1. The zero-order valence-electron chi connectivity index (χ0n) is 16.1. The number of amides is 2. The summed E-state index contributed by atoms with van der Waals surface area (Å²) in [6, 6.07) is 4.56. The van der Waals surface area contributed by atoms with E-state index in [9.17, 15) is 18.4 Å². The first-order valence-corrected chi connectivity index (χ1v) is 9.75. The smallest absolute Gasteiger partial charge is 0.270 e. The fourth-order valence-corrected chi connectivity index (χ4v) is 4.51. The van der Waals surface area contributed by atoms with Crippen LogP contribution in [0.3, 0.4) is 0 Å². The summed E-state index contributed by atoms with van der Waals surface area (Å²) < 4.78 is 27.2. The monoisotopic (exact) mass is 400 g/mol. The van der Waals surface area contributed by atoms with Crippen molar-refractivity contribution in [2.75, 3.05) is 11.4 Å². The molecule has 29 heavy (non-hydrogen) atoms. The summed E-state index contributed by atoms with van der Waals surface area (Å²) in [4.78, 5) is 35.3. The van der Waals surface area contributed by atoms with Crippen molar-refractivity contribution in [1.29, 1.82) is 0 Å². The molecule has 2 aliphatic rings. The second-order valence-corrected chi connectivity index (χ2v) is 7.87. The van der Waals surface area contributed by atoms with Gasteiger partial charge in [0, 0.05) is 30.5 Å². The standard InChI is InChI=1S/C21H22F2N4O2/c1-13-24-7-4-18(25-13)19(28)26-16-3-2-5-21(12-16)6-8-27(20(21)29)17-10-14(22)9-15(23)11-17/h4,7,9-11,16H,2-3,5-6,8,12H2,1H3,(H,26,28)/t16-,21-/m1/s1. The van der Waals surface area contributed by atoms with Crippen LogP contribution in [0, 0.1) is 24.0 Å². The molecule has 2 atom stereocenters. The molecule has 0 radical (unpaired) electrons. The van der Waals surface area contributed by atoms with Crippen LogP contribution in [0.5, 0.6) is 0 Å². The largest absolute Gasteiger partial charge is 0.348 e. The molecule has 2 heterocycles. The fourth-order valence-electron chi connectivity index (χ4n) is 4.51. The maximum absolute atomic E-state index is 13.6. The van der Waals surface area contributed by atoms with Crippen molar-refractivity contribution in [3.8, 4) is 0 Å². The Bertz CT molecular complexity index is 947. The zero-order valence-corrected chi connectivity index (χ0v) is 16.1. The Morgan fingerprint density at radius 1 is 1.24 bits per heavy atom. The summed E-state index contributed by atoms with van der Waals surface area (Å²) in [6.07, 6.45) is 4.93. The van der Waals surface area contributed by atoms with Gasteiger partial charge in [-0.05, 0) is 50.8 Å². The average molecular weight is 400 g/mol. The minimum atomic E-state index is -0.706. The van der Waals surface area contributed by atoms with Gasteiger partial charge in [0.2, 0.25) is 5.91 Å². The maximum Gasteiger partial charge on any atom is 0.270 e. The number of carbonyl (C=O) groups is 2. The summed E-state index contributed by atoms with van der Waals surface area (Å²) in [5.41, 5.74) is -0.0700. The van der Waals surface area contributed by atoms with Gasteiger partial charge in [-0.25, -0.2) is 18.7 Å². The van der Waals surface area contributed by atoms with E-state index in [4.69, 9.17) is 0 Å². The van der Waals surface area contributed by atoms with E-state index in [0.717, 1.165) is 18.9 Å². The molecule has 1 N–H and O–H groups in total. The molecule has 4 rings (SSSR count). The predicted molar refractivity (Wildman–Crippen MR) is 102 cm³/mol. The van der Waals surface area contributed by atoms with Crippen LogP contribution in [-0.4, -0.2) is 34.4 Å². The van der Waals surface area contributed by atoms with Crippen molar-refractivity contribution in [1.82, 2.24) is 15.3 Å². The van der Waals surface area contributed by atoms with Crippen LogP contribution < -0.4 is 10.2 Å². The van der Waals surface area contributed by atoms with Crippen LogP contribution in [-0.2, 0) is 4.79 Å². The molecule has 2 fully saturated rings. The lowest BCUT2D eigenvalue weighted by molar-refractivity contribution is -0.127. The Kier molecular flexibility index (Phi) is 5.02. The first kappa shape index (κ1) is 19.4. The molecule has 1 saturated carbocycles. The zero-order chi connectivity index (χ0) is 20.6. The number of carbonyl (C=O) groups excluding carboxylic acids is 2. The van der Waals surface area contributed by atoms with E-state index in [-0.39, 0.29) is 23.5 Å². The molecule has 1 aromatic carbocycles. The molecule has 8 heteroatoms. The summed E-state index contributed by atoms with van der Waals surface area (Å²) in [5.74, 6) is -1.31. The van der Waals surface area contributed by atoms with Crippen molar-refractivity contribution in [3.63, 3.8) is 0 Å².